The first kappa shape index (κ1) is 28.5. The van der Waals surface area contributed by atoms with Crippen molar-refractivity contribution in [2.45, 2.75) is 0 Å². The van der Waals surface area contributed by atoms with Gasteiger partial charge in [0.1, 0.15) is 0 Å². The first-order valence-electron chi connectivity index (χ1n) is 17.7. The van der Waals surface area contributed by atoms with Gasteiger partial charge in [0.05, 0.1) is 22.1 Å². The molecule has 4 heterocycles. The minimum Gasteiger partial charge on any atom is -0.309 e. The zero-order chi connectivity index (χ0) is 33.9. The van der Waals surface area contributed by atoms with Crippen molar-refractivity contribution in [3.63, 3.8) is 0 Å². The zero-order valence-electron chi connectivity index (χ0n) is 27.9. The molecule has 0 unspecified atom stereocenters. The quantitative estimate of drug-likeness (QED) is 0.174. The maximum absolute atomic E-state index is 2.44. The number of fused-ring (bicyclic) bond motifs is 12. The summed E-state index contributed by atoms with van der Waals surface area (Å²) in [6.45, 7) is 0. The van der Waals surface area contributed by atoms with E-state index in [-0.39, 0.29) is 0 Å². The largest absolute Gasteiger partial charge is 0.309 e. The van der Waals surface area contributed by atoms with Crippen molar-refractivity contribution in [3.05, 3.63) is 170 Å². The molecule has 0 N–H and O–H groups in total. The molecular weight excluding hydrogens is 669 g/mol. The Kier molecular flexibility index (Phi) is 5.84. The number of hydrogen-bond donors (Lipinski definition) is 0. The van der Waals surface area contributed by atoms with E-state index in [1.165, 1.54) is 106 Å². The molecule has 12 rings (SSSR count). The second kappa shape index (κ2) is 10.7. The second-order valence-corrected chi connectivity index (χ2v) is 15.9. The van der Waals surface area contributed by atoms with E-state index in [9.17, 15) is 0 Å². The van der Waals surface area contributed by atoms with Gasteiger partial charge in [-0.1, -0.05) is 91.0 Å². The van der Waals surface area contributed by atoms with Crippen LogP contribution in [0.3, 0.4) is 0 Å². The van der Waals surface area contributed by atoms with Crippen LogP contribution in [0.1, 0.15) is 0 Å². The van der Waals surface area contributed by atoms with Crippen molar-refractivity contribution < 1.29 is 0 Å². The van der Waals surface area contributed by atoms with Gasteiger partial charge in [-0.2, -0.15) is 0 Å². The molecule has 4 aromatic heterocycles. The lowest BCUT2D eigenvalue weighted by atomic mass is 10.0. The summed E-state index contributed by atoms with van der Waals surface area (Å²) in [5, 5.41) is 10.4. The van der Waals surface area contributed by atoms with Crippen LogP contribution in [0.25, 0.3) is 106 Å². The van der Waals surface area contributed by atoms with Crippen molar-refractivity contribution in [2.75, 3.05) is 0 Å². The molecule has 0 radical (unpaired) electrons. The summed E-state index contributed by atoms with van der Waals surface area (Å²) in [6.07, 6.45) is 0. The van der Waals surface area contributed by atoms with E-state index >= 15 is 0 Å². The molecule has 0 bridgehead atoms. The highest BCUT2D eigenvalue weighted by Gasteiger charge is 2.17. The molecule has 12 aromatic rings. The molecule has 242 valence electrons. The van der Waals surface area contributed by atoms with Gasteiger partial charge >= 0.3 is 0 Å². The highest BCUT2D eigenvalue weighted by Crippen LogP contribution is 2.41. The standard InChI is InChI=1S/C48H28N2S2/c1-5-13-41-33(9-1)38-25-29(17-22-43(38)49(41)31-20-24-47-40(27-31)36-12-4-8-16-46(36)51-47)30-18-23-44-39(26-30)34-10-2-6-14-42(34)50(44)32-19-21-37-35-11-3-7-15-45(35)52-48(37)28-32/h1-28H. The lowest BCUT2D eigenvalue weighted by Gasteiger charge is -2.10. The van der Waals surface area contributed by atoms with Crippen molar-refractivity contribution in [3.8, 4) is 22.5 Å². The lowest BCUT2D eigenvalue weighted by Crippen LogP contribution is -1.93. The summed E-state index contributed by atoms with van der Waals surface area (Å²) in [5.74, 6) is 0. The Labute approximate surface area is 306 Å². The maximum Gasteiger partial charge on any atom is 0.0541 e. The Bertz CT molecular complexity index is 3420. The van der Waals surface area contributed by atoms with Gasteiger partial charge in [0.2, 0.25) is 0 Å². The first-order valence-corrected chi connectivity index (χ1v) is 19.3. The topological polar surface area (TPSA) is 9.86 Å². The number of rotatable bonds is 3. The molecular formula is C48H28N2S2. The maximum atomic E-state index is 2.44. The number of aromatic nitrogens is 2. The molecule has 52 heavy (non-hydrogen) atoms. The van der Waals surface area contributed by atoms with E-state index in [1.807, 2.05) is 22.7 Å². The number of thiophene rings is 2. The minimum absolute atomic E-state index is 1.19. The molecule has 0 aliphatic carbocycles. The summed E-state index contributed by atoms with van der Waals surface area (Å²) in [6, 6.07) is 63.0. The highest BCUT2D eigenvalue weighted by atomic mass is 32.1. The third-order valence-electron chi connectivity index (χ3n) is 10.9. The summed E-state index contributed by atoms with van der Waals surface area (Å²) in [5.41, 5.74) is 9.73. The van der Waals surface area contributed by atoms with Crippen molar-refractivity contribution >= 4 is 107 Å². The molecule has 0 fully saturated rings. The summed E-state index contributed by atoms with van der Waals surface area (Å²) in [7, 11) is 0. The predicted molar refractivity (Wildman–Crippen MR) is 226 cm³/mol. The molecule has 2 nitrogen and oxygen atoms in total. The van der Waals surface area contributed by atoms with Gasteiger partial charge < -0.3 is 9.13 Å². The molecule has 8 aromatic carbocycles. The van der Waals surface area contributed by atoms with Gasteiger partial charge in [0.15, 0.2) is 0 Å². The predicted octanol–water partition coefficient (Wildman–Crippen LogP) is 14.3. The minimum atomic E-state index is 1.19. The van der Waals surface area contributed by atoms with Crippen molar-refractivity contribution in [1.82, 2.24) is 9.13 Å². The summed E-state index contributed by atoms with van der Waals surface area (Å²) >= 11 is 3.74. The van der Waals surface area contributed by atoms with E-state index < -0.39 is 0 Å². The number of benzene rings is 8. The monoisotopic (exact) mass is 696 g/mol. The number of para-hydroxylation sites is 2. The van der Waals surface area contributed by atoms with E-state index in [2.05, 4.69) is 179 Å². The molecule has 0 amide bonds. The molecule has 0 spiro atoms. The Hall–Kier alpha value is -6.20. The smallest absolute Gasteiger partial charge is 0.0541 e. The lowest BCUT2D eigenvalue weighted by molar-refractivity contribution is 1.19. The highest BCUT2D eigenvalue weighted by molar-refractivity contribution is 7.26. The molecule has 0 aliphatic rings. The van der Waals surface area contributed by atoms with Gasteiger partial charge in [-0.05, 0) is 90.0 Å². The first-order chi connectivity index (χ1) is 25.8. The summed E-state index contributed by atoms with van der Waals surface area (Å²) in [4.78, 5) is 0. The van der Waals surface area contributed by atoms with Crippen LogP contribution in [0.5, 0.6) is 0 Å². The van der Waals surface area contributed by atoms with Crippen LogP contribution >= 0.6 is 22.7 Å². The normalized spacial score (nSPS) is 12.2. The molecule has 0 saturated heterocycles. The average Bonchev–Trinajstić information content (AvgIpc) is 3.94. The third kappa shape index (κ3) is 3.99. The van der Waals surface area contributed by atoms with E-state index in [0.717, 1.165) is 0 Å². The fourth-order valence-electron chi connectivity index (χ4n) is 8.57. The summed E-state index contributed by atoms with van der Waals surface area (Å²) < 4.78 is 10.2. The SMILES string of the molecule is c1ccc2c(c1)sc1cc(-n3c4ccccc4c4cc(-c5ccc6c(c5)c5ccccc5n6-c5ccc6sc7ccccc7c6c5)ccc43)ccc12. The average molecular weight is 697 g/mol. The molecule has 0 saturated carbocycles. The van der Waals surface area contributed by atoms with E-state index in [1.54, 1.807) is 0 Å². The fourth-order valence-corrected chi connectivity index (χ4v) is 10.8. The molecule has 0 aliphatic heterocycles. The third-order valence-corrected chi connectivity index (χ3v) is 13.2. The van der Waals surface area contributed by atoms with Crippen molar-refractivity contribution in [1.29, 1.82) is 0 Å². The van der Waals surface area contributed by atoms with Crippen LogP contribution in [0, 0.1) is 0 Å². The Morgan fingerprint density at radius 3 is 1.35 bits per heavy atom. The van der Waals surface area contributed by atoms with Gasteiger partial charge in [0, 0.05) is 73.3 Å². The van der Waals surface area contributed by atoms with E-state index in [4.69, 9.17) is 0 Å². The van der Waals surface area contributed by atoms with Gasteiger partial charge in [-0.25, -0.2) is 0 Å². The molecule has 4 heteroatoms. The Morgan fingerprint density at radius 2 is 0.712 bits per heavy atom. The number of hydrogen-bond acceptors (Lipinski definition) is 2. The van der Waals surface area contributed by atoms with Crippen molar-refractivity contribution in [2.24, 2.45) is 0 Å². The number of nitrogens with zero attached hydrogens (tertiary/aromatic N) is 2. The van der Waals surface area contributed by atoms with Crippen LogP contribution < -0.4 is 0 Å². The van der Waals surface area contributed by atoms with Crippen LogP contribution in [-0.2, 0) is 0 Å². The van der Waals surface area contributed by atoms with Gasteiger partial charge in [0.25, 0.3) is 0 Å². The van der Waals surface area contributed by atoms with Crippen LogP contribution in [0.15, 0.2) is 170 Å². The second-order valence-electron chi connectivity index (χ2n) is 13.7. The van der Waals surface area contributed by atoms with Gasteiger partial charge in [-0.3, -0.25) is 0 Å². The van der Waals surface area contributed by atoms with Gasteiger partial charge in [-0.15, -0.1) is 22.7 Å². The van der Waals surface area contributed by atoms with Crippen LogP contribution in [0.2, 0.25) is 0 Å². The molecule has 0 atom stereocenters. The Balaban J connectivity index is 1.03. The van der Waals surface area contributed by atoms with Crippen LogP contribution in [0.4, 0.5) is 0 Å². The Morgan fingerprint density at radius 1 is 0.269 bits per heavy atom. The zero-order valence-corrected chi connectivity index (χ0v) is 29.5. The van der Waals surface area contributed by atoms with E-state index in [0.29, 0.717) is 0 Å². The van der Waals surface area contributed by atoms with Crippen LogP contribution in [-0.4, -0.2) is 9.13 Å². The fraction of sp³-hybridized carbons (Fsp3) is 0.